The quantitative estimate of drug-likeness (QED) is 0.692. The van der Waals surface area contributed by atoms with E-state index < -0.39 is 5.97 Å². The van der Waals surface area contributed by atoms with Gasteiger partial charge < -0.3 is 10.0 Å². The van der Waals surface area contributed by atoms with E-state index in [1.54, 1.807) is 0 Å². The summed E-state index contributed by atoms with van der Waals surface area (Å²) >= 11 is 4.98. The van der Waals surface area contributed by atoms with Crippen molar-refractivity contribution in [1.82, 2.24) is 4.90 Å². The van der Waals surface area contributed by atoms with Crippen LogP contribution in [-0.4, -0.2) is 39.8 Å². The molecule has 0 bridgehead atoms. The van der Waals surface area contributed by atoms with Gasteiger partial charge in [-0.15, -0.1) is 0 Å². The van der Waals surface area contributed by atoms with E-state index in [0.29, 0.717) is 30.9 Å². The molecule has 4 nitrogen and oxygen atoms in total. The first-order valence-electron chi connectivity index (χ1n) is 4.61. The summed E-state index contributed by atoms with van der Waals surface area (Å²) < 4.78 is 0. The minimum absolute atomic E-state index is 0.108. The Hall–Kier alpha value is -0.970. The van der Waals surface area contributed by atoms with E-state index in [2.05, 4.69) is 0 Å². The molecule has 0 aromatic rings. The number of carboxylic acids is 1. The number of carboxylic acid groups (broad SMARTS) is 1. The maximum Gasteiger partial charge on any atom is 0.310 e. The summed E-state index contributed by atoms with van der Waals surface area (Å²) in [5, 5.41) is 8.56. The standard InChI is InChI=1S/C9H13NO3S/c11-7-2-1-4-10(5-3-7)8(14)6-9(12)13/h1-6H2,(H,12,13). The van der Waals surface area contributed by atoms with Crippen LogP contribution in [-0.2, 0) is 9.59 Å². The van der Waals surface area contributed by atoms with Crippen molar-refractivity contribution in [2.75, 3.05) is 13.1 Å². The van der Waals surface area contributed by atoms with Crippen LogP contribution >= 0.6 is 12.2 Å². The molecule has 78 valence electrons. The number of carbonyl (C=O) groups excluding carboxylic acids is 1. The van der Waals surface area contributed by atoms with Gasteiger partial charge in [-0.25, -0.2) is 0 Å². The summed E-state index contributed by atoms with van der Waals surface area (Å²) in [4.78, 5) is 23.8. The van der Waals surface area contributed by atoms with E-state index in [1.165, 1.54) is 0 Å². The number of thiocarbonyl (C=S) groups is 1. The van der Waals surface area contributed by atoms with Crippen molar-refractivity contribution in [2.24, 2.45) is 0 Å². The molecule has 0 amide bonds. The van der Waals surface area contributed by atoms with Crippen molar-refractivity contribution in [3.8, 4) is 0 Å². The Morgan fingerprint density at radius 1 is 1.43 bits per heavy atom. The summed E-state index contributed by atoms with van der Waals surface area (Å²) in [6.45, 7) is 1.28. The second-order valence-corrected chi connectivity index (χ2v) is 3.81. The van der Waals surface area contributed by atoms with Crippen LogP contribution in [0.1, 0.15) is 25.7 Å². The number of hydrogen-bond acceptors (Lipinski definition) is 3. The predicted octanol–water partition coefficient (Wildman–Crippen LogP) is 0.843. The summed E-state index contributed by atoms with van der Waals surface area (Å²) in [5.74, 6) is -0.670. The highest BCUT2D eigenvalue weighted by molar-refractivity contribution is 7.80. The first-order valence-corrected chi connectivity index (χ1v) is 5.01. The lowest BCUT2D eigenvalue weighted by Crippen LogP contribution is -2.32. The minimum atomic E-state index is -0.912. The lowest BCUT2D eigenvalue weighted by molar-refractivity contribution is -0.135. The van der Waals surface area contributed by atoms with Crippen molar-refractivity contribution in [1.29, 1.82) is 0 Å². The number of aliphatic carboxylic acids is 1. The van der Waals surface area contributed by atoms with Gasteiger partial charge in [0.25, 0.3) is 0 Å². The van der Waals surface area contributed by atoms with Crippen LogP contribution in [0.4, 0.5) is 0 Å². The molecule has 1 fully saturated rings. The molecule has 14 heavy (non-hydrogen) atoms. The molecule has 1 saturated heterocycles. The zero-order valence-electron chi connectivity index (χ0n) is 7.86. The second kappa shape index (κ2) is 5.05. The highest BCUT2D eigenvalue weighted by Crippen LogP contribution is 2.09. The van der Waals surface area contributed by atoms with Gasteiger partial charge in [0.1, 0.15) is 5.78 Å². The summed E-state index contributed by atoms with van der Waals surface area (Å²) in [6.07, 6.45) is 1.74. The summed E-state index contributed by atoms with van der Waals surface area (Å²) in [6, 6.07) is 0. The average molecular weight is 215 g/mol. The predicted molar refractivity (Wildman–Crippen MR) is 55.3 cm³/mol. The smallest absolute Gasteiger partial charge is 0.310 e. The Balaban J connectivity index is 2.47. The molecule has 0 unspecified atom stereocenters. The summed E-state index contributed by atoms with van der Waals surface area (Å²) in [5.41, 5.74) is 0. The molecule has 0 aromatic carbocycles. The number of nitrogens with zero attached hydrogens (tertiary/aromatic N) is 1. The monoisotopic (exact) mass is 215 g/mol. The van der Waals surface area contributed by atoms with E-state index >= 15 is 0 Å². The van der Waals surface area contributed by atoms with Gasteiger partial charge in [0, 0.05) is 25.9 Å². The van der Waals surface area contributed by atoms with Crippen LogP contribution in [0.2, 0.25) is 0 Å². The minimum Gasteiger partial charge on any atom is -0.481 e. The summed E-state index contributed by atoms with van der Waals surface area (Å²) in [7, 11) is 0. The van der Waals surface area contributed by atoms with Crippen LogP contribution in [0, 0.1) is 0 Å². The van der Waals surface area contributed by atoms with Gasteiger partial charge >= 0.3 is 5.97 Å². The third kappa shape index (κ3) is 3.41. The Kier molecular flexibility index (Phi) is 4.00. The average Bonchev–Trinajstić information content (AvgIpc) is 2.28. The molecule has 5 heteroatoms. The van der Waals surface area contributed by atoms with E-state index in [0.717, 1.165) is 6.42 Å². The molecule has 1 N–H and O–H groups in total. The Morgan fingerprint density at radius 2 is 2.14 bits per heavy atom. The zero-order chi connectivity index (χ0) is 10.6. The number of hydrogen-bond donors (Lipinski definition) is 1. The largest absolute Gasteiger partial charge is 0.481 e. The van der Waals surface area contributed by atoms with Crippen molar-refractivity contribution < 1.29 is 14.7 Å². The molecule has 1 rings (SSSR count). The van der Waals surface area contributed by atoms with Crippen LogP contribution in [0.25, 0.3) is 0 Å². The fourth-order valence-corrected chi connectivity index (χ4v) is 1.76. The van der Waals surface area contributed by atoms with Crippen molar-refractivity contribution in [3.05, 3.63) is 0 Å². The van der Waals surface area contributed by atoms with Gasteiger partial charge in [0.15, 0.2) is 0 Å². The van der Waals surface area contributed by atoms with Crippen LogP contribution in [0.5, 0.6) is 0 Å². The van der Waals surface area contributed by atoms with Crippen LogP contribution in [0.15, 0.2) is 0 Å². The van der Waals surface area contributed by atoms with E-state index in [9.17, 15) is 9.59 Å². The van der Waals surface area contributed by atoms with E-state index in [1.807, 2.05) is 4.90 Å². The third-order valence-corrected chi connectivity index (χ3v) is 2.60. The van der Waals surface area contributed by atoms with Gasteiger partial charge in [-0.1, -0.05) is 12.2 Å². The van der Waals surface area contributed by atoms with E-state index in [4.69, 9.17) is 17.3 Å². The number of rotatable bonds is 2. The normalized spacial score (nSPS) is 17.7. The highest BCUT2D eigenvalue weighted by Gasteiger charge is 2.17. The first kappa shape index (κ1) is 11.1. The molecule has 0 atom stereocenters. The molecule has 0 aromatic heterocycles. The molecule has 1 aliphatic heterocycles. The van der Waals surface area contributed by atoms with Gasteiger partial charge in [-0.2, -0.15) is 0 Å². The molecule has 0 aliphatic carbocycles. The Labute approximate surface area is 87.9 Å². The fraction of sp³-hybridized carbons (Fsp3) is 0.667. The van der Waals surface area contributed by atoms with Crippen LogP contribution in [0.3, 0.4) is 0 Å². The molecule has 0 radical (unpaired) electrons. The topological polar surface area (TPSA) is 57.6 Å². The lowest BCUT2D eigenvalue weighted by Gasteiger charge is -2.21. The van der Waals surface area contributed by atoms with Gasteiger partial charge in [0.2, 0.25) is 0 Å². The van der Waals surface area contributed by atoms with E-state index in [-0.39, 0.29) is 12.2 Å². The van der Waals surface area contributed by atoms with Crippen molar-refractivity contribution in [2.45, 2.75) is 25.7 Å². The molecular weight excluding hydrogens is 202 g/mol. The number of likely N-dealkylation sites (tertiary alicyclic amines) is 1. The molecule has 1 heterocycles. The van der Waals surface area contributed by atoms with Crippen molar-refractivity contribution >= 4 is 29.0 Å². The molecule has 0 saturated carbocycles. The maximum absolute atomic E-state index is 11.1. The number of Topliss-reactive ketones (excluding diaryl/α,β-unsaturated/α-hetero) is 1. The number of ketones is 1. The molecule has 0 spiro atoms. The Morgan fingerprint density at radius 3 is 2.79 bits per heavy atom. The molecular formula is C9H13NO3S. The highest BCUT2D eigenvalue weighted by atomic mass is 32.1. The first-order chi connectivity index (χ1) is 6.59. The third-order valence-electron chi connectivity index (χ3n) is 2.20. The zero-order valence-corrected chi connectivity index (χ0v) is 8.68. The maximum atomic E-state index is 11.1. The van der Waals surface area contributed by atoms with Crippen molar-refractivity contribution in [3.63, 3.8) is 0 Å². The Bertz CT molecular complexity index is 265. The molecule has 1 aliphatic rings. The fourth-order valence-electron chi connectivity index (χ4n) is 1.45. The van der Waals surface area contributed by atoms with Gasteiger partial charge in [0.05, 0.1) is 11.4 Å². The van der Waals surface area contributed by atoms with Crippen LogP contribution < -0.4 is 0 Å². The lowest BCUT2D eigenvalue weighted by atomic mass is 10.2. The number of carbonyl (C=O) groups is 2. The second-order valence-electron chi connectivity index (χ2n) is 3.34. The SMILES string of the molecule is O=C(O)CC(=S)N1CCCC(=O)CC1. The van der Waals surface area contributed by atoms with Gasteiger partial charge in [-0.3, -0.25) is 9.59 Å². The van der Waals surface area contributed by atoms with Gasteiger partial charge in [-0.05, 0) is 6.42 Å².